The van der Waals surface area contributed by atoms with E-state index in [1.165, 1.54) is 18.0 Å². The summed E-state index contributed by atoms with van der Waals surface area (Å²) in [5.41, 5.74) is 0.892. The number of fused-ring (bicyclic) bond motifs is 2. The lowest BCUT2D eigenvalue weighted by Gasteiger charge is -2.38. The zero-order chi connectivity index (χ0) is 25.6. The molecule has 35 heavy (non-hydrogen) atoms. The smallest absolute Gasteiger partial charge is 0.355 e. The number of allylic oxidation sites excluding steroid dienone is 2. The summed E-state index contributed by atoms with van der Waals surface area (Å²) >= 11 is 8.34. The summed E-state index contributed by atoms with van der Waals surface area (Å²) in [7, 11) is 0. The van der Waals surface area contributed by atoms with Crippen LogP contribution in [0.3, 0.4) is 0 Å². The third-order valence-electron chi connectivity index (χ3n) is 5.83. The average molecular weight is 629 g/mol. The van der Waals surface area contributed by atoms with Gasteiger partial charge in [0.15, 0.2) is 16.6 Å². The van der Waals surface area contributed by atoms with Crippen LogP contribution in [-0.2, 0) is 23.8 Å². The molecule has 186 valence electrons. The molecule has 0 aliphatic carbocycles. The second kappa shape index (κ2) is 10.1. The molecule has 0 bridgehead atoms. The third kappa shape index (κ3) is 4.36. The molecular formula is C24H23Br2NO7S. The standard InChI is InChI=1S/C24H23Br2NO7S/c1-6-31-22(29)16-18(23(30)32-7-2)27-11(4)12(5)35-24(27)34-20(16)14-9-33-21-13(19(14)28)8-15(25)10(3)17(21)26/h8-9,20,24H,6-7H2,1-5H3. The molecule has 11 heteroatoms. The third-order valence-corrected chi connectivity index (χ3v) is 8.78. The SMILES string of the molecule is CCOC(=O)C1=C(C(=O)OCC)N2C(C)=C(C)SC2OC1c1coc2c(Br)c(C)c(Br)cc2c1=O. The van der Waals surface area contributed by atoms with Crippen molar-refractivity contribution in [2.75, 3.05) is 13.2 Å². The molecule has 0 radical (unpaired) electrons. The zero-order valence-electron chi connectivity index (χ0n) is 19.7. The normalized spacial score (nSPS) is 19.9. The number of ether oxygens (including phenoxy) is 3. The summed E-state index contributed by atoms with van der Waals surface area (Å²) in [4.78, 5) is 42.6. The Balaban J connectivity index is 2.00. The minimum absolute atomic E-state index is 0.000774. The summed E-state index contributed by atoms with van der Waals surface area (Å²) < 4.78 is 24.1. The molecule has 2 unspecified atom stereocenters. The minimum atomic E-state index is -1.21. The molecule has 2 aromatic rings. The predicted molar refractivity (Wildman–Crippen MR) is 138 cm³/mol. The fraction of sp³-hybridized carbons (Fsp3) is 0.375. The predicted octanol–water partition coefficient (Wildman–Crippen LogP) is 5.66. The summed E-state index contributed by atoms with van der Waals surface area (Å²) in [6, 6.07) is 1.67. The molecule has 1 aromatic carbocycles. The van der Waals surface area contributed by atoms with Gasteiger partial charge >= 0.3 is 11.9 Å². The number of nitrogens with zero attached hydrogens (tertiary/aromatic N) is 1. The number of hydrogen-bond acceptors (Lipinski definition) is 9. The Morgan fingerprint density at radius 3 is 2.43 bits per heavy atom. The molecule has 3 heterocycles. The van der Waals surface area contributed by atoms with E-state index in [9.17, 15) is 14.4 Å². The van der Waals surface area contributed by atoms with Crippen LogP contribution in [0, 0.1) is 6.92 Å². The van der Waals surface area contributed by atoms with Gasteiger partial charge in [-0.05, 0) is 62.2 Å². The van der Waals surface area contributed by atoms with Gasteiger partial charge in [-0.15, -0.1) is 0 Å². The number of hydrogen-bond donors (Lipinski definition) is 0. The van der Waals surface area contributed by atoms with Crippen molar-refractivity contribution in [1.29, 1.82) is 0 Å². The summed E-state index contributed by atoms with van der Waals surface area (Å²) in [6.45, 7) is 9.12. The van der Waals surface area contributed by atoms with E-state index < -0.39 is 23.6 Å². The lowest BCUT2D eigenvalue weighted by atomic mass is 9.97. The van der Waals surface area contributed by atoms with Crippen LogP contribution in [0.2, 0.25) is 0 Å². The molecule has 0 saturated heterocycles. The molecule has 0 N–H and O–H groups in total. The van der Waals surface area contributed by atoms with E-state index in [-0.39, 0.29) is 35.5 Å². The number of rotatable bonds is 5. The summed E-state index contributed by atoms with van der Waals surface area (Å²) in [5, 5.41) is 0.295. The summed E-state index contributed by atoms with van der Waals surface area (Å²) in [6.07, 6.45) is 0.0677. The molecular weight excluding hydrogens is 606 g/mol. The van der Waals surface area contributed by atoms with Crippen molar-refractivity contribution in [3.63, 3.8) is 0 Å². The molecule has 0 saturated carbocycles. The van der Waals surface area contributed by atoms with Crippen molar-refractivity contribution in [1.82, 2.24) is 4.90 Å². The molecule has 4 rings (SSSR count). The van der Waals surface area contributed by atoms with E-state index >= 15 is 0 Å². The Kier molecular flexibility index (Phi) is 7.51. The molecule has 8 nitrogen and oxygen atoms in total. The van der Waals surface area contributed by atoms with Crippen molar-refractivity contribution in [2.24, 2.45) is 0 Å². The Labute approximate surface area is 222 Å². The number of benzene rings is 1. The van der Waals surface area contributed by atoms with Gasteiger partial charge < -0.3 is 23.5 Å². The van der Waals surface area contributed by atoms with Crippen LogP contribution in [0.25, 0.3) is 11.0 Å². The Hall–Kier alpha value is -2.08. The molecule has 0 spiro atoms. The van der Waals surface area contributed by atoms with E-state index in [0.717, 1.165) is 16.2 Å². The van der Waals surface area contributed by atoms with Crippen LogP contribution >= 0.6 is 43.6 Å². The van der Waals surface area contributed by atoms with Gasteiger partial charge in [0.1, 0.15) is 23.6 Å². The highest BCUT2D eigenvalue weighted by Gasteiger charge is 2.48. The van der Waals surface area contributed by atoms with Crippen molar-refractivity contribution in [3.05, 3.63) is 64.5 Å². The fourth-order valence-corrected chi connectivity index (χ4v) is 6.28. The second-order valence-electron chi connectivity index (χ2n) is 7.85. The van der Waals surface area contributed by atoms with Gasteiger partial charge in [-0.25, -0.2) is 9.59 Å². The van der Waals surface area contributed by atoms with E-state index in [1.807, 2.05) is 20.8 Å². The maximum atomic E-state index is 13.7. The van der Waals surface area contributed by atoms with Crippen molar-refractivity contribution in [3.8, 4) is 0 Å². The van der Waals surface area contributed by atoms with Crippen LogP contribution < -0.4 is 5.43 Å². The lowest BCUT2D eigenvalue weighted by molar-refractivity contribution is -0.149. The van der Waals surface area contributed by atoms with Crippen LogP contribution in [-0.4, -0.2) is 35.6 Å². The van der Waals surface area contributed by atoms with Gasteiger partial charge in [0.2, 0.25) is 0 Å². The topological polar surface area (TPSA) is 95.3 Å². The molecule has 0 fully saturated rings. The first-order valence-electron chi connectivity index (χ1n) is 10.9. The molecule has 0 amide bonds. The average Bonchev–Trinajstić information content (AvgIpc) is 3.10. The number of carbonyl (C=O) groups excluding carboxylic acids is 2. The van der Waals surface area contributed by atoms with E-state index in [2.05, 4.69) is 31.9 Å². The summed E-state index contributed by atoms with van der Waals surface area (Å²) in [5.74, 6) is -1.47. The van der Waals surface area contributed by atoms with Crippen molar-refractivity contribution < 1.29 is 28.2 Å². The largest absolute Gasteiger partial charge is 0.462 e. The van der Waals surface area contributed by atoms with Gasteiger partial charge in [-0.1, -0.05) is 27.7 Å². The van der Waals surface area contributed by atoms with Gasteiger partial charge in [0, 0.05) is 15.1 Å². The van der Waals surface area contributed by atoms with Crippen LogP contribution in [0.15, 0.2) is 52.4 Å². The fourth-order valence-electron chi connectivity index (χ4n) is 3.96. The molecule has 1 aromatic heterocycles. The maximum absolute atomic E-state index is 13.7. The molecule has 2 atom stereocenters. The maximum Gasteiger partial charge on any atom is 0.355 e. The quantitative estimate of drug-likeness (QED) is 0.389. The minimum Gasteiger partial charge on any atom is -0.462 e. The second-order valence-corrected chi connectivity index (χ2v) is 10.7. The highest BCUT2D eigenvalue weighted by atomic mass is 79.9. The highest BCUT2D eigenvalue weighted by Crippen LogP contribution is 2.49. The first kappa shape index (κ1) is 26.0. The highest BCUT2D eigenvalue weighted by molar-refractivity contribution is 9.11. The first-order valence-corrected chi connectivity index (χ1v) is 13.4. The Bertz CT molecular complexity index is 1360. The van der Waals surface area contributed by atoms with Gasteiger partial charge in [-0.2, -0.15) is 0 Å². The van der Waals surface area contributed by atoms with Crippen molar-refractivity contribution >= 4 is 66.5 Å². The first-order chi connectivity index (χ1) is 16.6. The number of thioether (sulfide) groups is 1. The molecule has 2 aliphatic heterocycles. The van der Waals surface area contributed by atoms with E-state index in [1.54, 1.807) is 24.8 Å². The molecule has 2 aliphatic rings. The monoisotopic (exact) mass is 627 g/mol. The van der Waals surface area contributed by atoms with Crippen LogP contribution in [0.1, 0.15) is 44.9 Å². The van der Waals surface area contributed by atoms with Crippen LogP contribution in [0.4, 0.5) is 0 Å². The van der Waals surface area contributed by atoms with Gasteiger partial charge in [0.05, 0.1) is 28.6 Å². The zero-order valence-corrected chi connectivity index (χ0v) is 23.7. The van der Waals surface area contributed by atoms with E-state index in [0.29, 0.717) is 19.9 Å². The number of halogens is 2. The van der Waals surface area contributed by atoms with Crippen LogP contribution in [0.5, 0.6) is 0 Å². The number of esters is 2. The van der Waals surface area contributed by atoms with E-state index in [4.69, 9.17) is 18.6 Å². The van der Waals surface area contributed by atoms with Crippen molar-refractivity contribution in [2.45, 2.75) is 46.3 Å². The lowest BCUT2D eigenvalue weighted by Crippen LogP contribution is -2.43. The number of carbonyl (C=O) groups is 2. The Morgan fingerprint density at radius 2 is 1.77 bits per heavy atom. The Morgan fingerprint density at radius 1 is 1.11 bits per heavy atom. The van der Waals surface area contributed by atoms with Gasteiger partial charge in [-0.3, -0.25) is 4.79 Å². The van der Waals surface area contributed by atoms with Gasteiger partial charge in [0.25, 0.3) is 0 Å².